The van der Waals surface area contributed by atoms with Crippen LogP contribution in [0.2, 0.25) is 0 Å². The van der Waals surface area contributed by atoms with Crippen LogP contribution in [0.5, 0.6) is 5.75 Å². The molecule has 0 aliphatic heterocycles. The van der Waals surface area contributed by atoms with Crippen LogP contribution in [0.3, 0.4) is 0 Å². The van der Waals surface area contributed by atoms with Crippen molar-refractivity contribution in [2.75, 3.05) is 0 Å². The standard InChI is InChI=1S/C11H15FN2O2/c1-8(6-7-11(15)14-13)16-10-5-3-2-4-9(10)12/h2-5,8H,6-7,13H2,1H3,(H,14,15). The van der Waals surface area contributed by atoms with Crippen LogP contribution in [0.4, 0.5) is 4.39 Å². The van der Waals surface area contributed by atoms with E-state index in [9.17, 15) is 9.18 Å². The molecule has 0 radical (unpaired) electrons. The minimum absolute atomic E-state index is 0.197. The van der Waals surface area contributed by atoms with E-state index < -0.39 is 5.82 Å². The molecule has 1 atom stereocenters. The van der Waals surface area contributed by atoms with Crippen LogP contribution in [0, 0.1) is 5.82 Å². The first-order valence-electron chi connectivity index (χ1n) is 5.04. The lowest BCUT2D eigenvalue weighted by molar-refractivity contribution is -0.121. The first-order valence-corrected chi connectivity index (χ1v) is 5.04. The second kappa shape index (κ2) is 6.07. The second-order valence-corrected chi connectivity index (χ2v) is 3.47. The van der Waals surface area contributed by atoms with Crippen molar-refractivity contribution < 1.29 is 13.9 Å². The molecular formula is C11H15FN2O2. The van der Waals surface area contributed by atoms with E-state index in [1.54, 1.807) is 25.1 Å². The fraction of sp³-hybridized carbons (Fsp3) is 0.364. The number of hydrazine groups is 1. The van der Waals surface area contributed by atoms with E-state index >= 15 is 0 Å². The summed E-state index contributed by atoms with van der Waals surface area (Å²) in [5.41, 5.74) is 2.03. The first-order chi connectivity index (χ1) is 7.63. The normalized spacial score (nSPS) is 11.9. The van der Waals surface area contributed by atoms with Crippen LogP contribution in [0.25, 0.3) is 0 Å². The van der Waals surface area contributed by atoms with Crippen molar-refractivity contribution in [3.8, 4) is 5.75 Å². The Bertz CT molecular complexity index is 358. The molecule has 88 valence electrons. The molecule has 5 heteroatoms. The fourth-order valence-electron chi connectivity index (χ4n) is 1.22. The van der Waals surface area contributed by atoms with Crippen molar-refractivity contribution in [2.45, 2.75) is 25.9 Å². The van der Waals surface area contributed by atoms with Gasteiger partial charge in [0.1, 0.15) is 0 Å². The van der Waals surface area contributed by atoms with Crippen LogP contribution in [-0.4, -0.2) is 12.0 Å². The van der Waals surface area contributed by atoms with E-state index in [0.717, 1.165) is 0 Å². The topological polar surface area (TPSA) is 64.4 Å². The average molecular weight is 226 g/mol. The number of carbonyl (C=O) groups is 1. The van der Waals surface area contributed by atoms with Crippen molar-refractivity contribution in [1.29, 1.82) is 0 Å². The monoisotopic (exact) mass is 226 g/mol. The summed E-state index contributed by atoms with van der Waals surface area (Å²) in [6.45, 7) is 1.77. The Morgan fingerprint density at radius 2 is 2.25 bits per heavy atom. The third-order valence-corrected chi connectivity index (χ3v) is 2.10. The molecule has 0 aliphatic carbocycles. The number of carbonyl (C=O) groups excluding carboxylic acids is 1. The highest BCUT2D eigenvalue weighted by atomic mass is 19.1. The average Bonchev–Trinajstić information content (AvgIpc) is 2.29. The summed E-state index contributed by atoms with van der Waals surface area (Å²) in [5, 5.41) is 0. The molecule has 1 unspecified atom stereocenters. The molecule has 0 saturated heterocycles. The van der Waals surface area contributed by atoms with E-state index in [4.69, 9.17) is 10.6 Å². The maximum Gasteiger partial charge on any atom is 0.234 e. The molecule has 0 heterocycles. The zero-order valence-electron chi connectivity index (χ0n) is 9.07. The Morgan fingerprint density at radius 3 is 2.88 bits per heavy atom. The summed E-state index contributed by atoms with van der Waals surface area (Å²) in [4.78, 5) is 10.9. The van der Waals surface area contributed by atoms with Gasteiger partial charge >= 0.3 is 0 Å². The number of ether oxygens (including phenoxy) is 1. The van der Waals surface area contributed by atoms with Gasteiger partial charge in [0.05, 0.1) is 6.10 Å². The Kier molecular flexibility index (Phi) is 4.72. The van der Waals surface area contributed by atoms with Gasteiger partial charge in [0, 0.05) is 6.42 Å². The zero-order chi connectivity index (χ0) is 12.0. The quantitative estimate of drug-likeness (QED) is 0.452. The van der Waals surface area contributed by atoms with Crippen LogP contribution in [0.15, 0.2) is 24.3 Å². The number of rotatable bonds is 5. The molecule has 3 N–H and O–H groups in total. The lowest BCUT2D eigenvalue weighted by Crippen LogP contribution is -2.30. The van der Waals surface area contributed by atoms with Crippen molar-refractivity contribution >= 4 is 5.91 Å². The molecular weight excluding hydrogens is 211 g/mol. The minimum atomic E-state index is -0.405. The van der Waals surface area contributed by atoms with Crippen LogP contribution < -0.4 is 16.0 Å². The Morgan fingerprint density at radius 1 is 1.56 bits per heavy atom. The highest BCUT2D eigenvalue weighted by molar-refractivity contribution is 5.75. The fourth-order valence-corrected chi connectivity index (χ4v) is 1.22. The zero-order valence-corrected chi connectivity index (χ0v) is 9.07. The van der Waals surface area contributed by atoms with E-state index in [0.29, 0.717) is 6.42 Å². The maximum atomic E-state index is 13.2. The lowest BCUT2D eigenvalue weighted by Gasteiger charge is -2.14. The third kappa shape index (κ3) is 3.86. The number of hydrogen-bond donors (Lipinski definition) is 2. The van der Waals surface area contributed by atoms with Crippen molar-refractivity contribution in [1.82, 2.24) is 5.43 Å². The summed E-state index contributed by atoms with van der Waals surface area (Å²) in [7, 11) is 0. The molecule has 1 rings (SSSR count). The molecule has 0 saturated carbocycles. The van der Waals surface area contributed by atoms with E-state index in [2.05, 4.69) is 0 Å². The minimum Gasteiger partial charge on any atom is -0.488 e. The molecule has 0 fully saturated rings. The molecule has 0 spiro atoms. The summed E-state index contributed by atoms with van der Waals surface area (Å²) < 4.78 is 18.5. The predicted octanol–water partition coefficient (Wildman–Crippen LogP) is 1.36. The summed E-state index contributed by atoms with van der Waals surface area (Å²) in [5.74, 6) is 4.47. The summed E-state index contributed by atoms with van der Waals surface area (Å²) in [6, 6.07) is 6.16. The smallest absolute Gasteiger partial charge is 0.234 e. The largest absolute Gasteiger partial charge is 0.488 e. The van der Waals surface area contributed by atoms with Gasteiger partial charge in [-0.25, -0.2) is 10.2 Å². The van der Waals surface area contributed by atoms with Gasteiger partial charge in [0.2, 0.25) is 5.91 Å². The van der Waals surface area contributed by atoms with Gasteiger partial charge in [-0.05, 0) is 25.5 Å². The number of nitrogens with two attached hydrogens (primary N) is 1. The van der Waals surface area contributed by atoms with Crippen LogP contribution in [0.1, 0.15) is 19.8 Å². The number of amides is 1. The van der Waals surface area contributed by atoms with E-state index in [1.807, 2.05) is 5.43 Å². The van der Waals surface area contributed by atoms with Gasteiger partial charge in [-0.2, -0.15) is 0 Å². The van der Waals surface area contributed by atoms with Crippen molar-refractivity contribution in [3.63, 3.8) is 0 Å². The van der Waals surface area contributed by atoms with Crippen molar-refractivity contribution in [3.05, 3.63) is 30.1 Å². The highest BCUT2D eigenvalue weighted by Crippen LogP contribution is 2.18. The number of halogens is 1. The maximum absolute atomic E-state index is 13.2. The Labute approximate surface area is 93.6 Å². The summed E-state index contributed by atoms with van der Waals surface area (Å²) >= 11 is 0. The van der Waals surface area contributed by atoms with Gasteiger partial charge in [-0.15, -0.1) is 0 Å². The van der Waals surface area contributed by atoms with E-state index in [-0.39, 0.29) is 24.2 Å². The molecule has 1 aromatic carbocycles. The number of benzene rings is 1. The SMILES string of the molecule is CC(CCC(=O)NN)Oc1ccccc1F. The first kappa shape index (κ1) is 12.4. The Hall–Kier alpha value is -1.62. The molecule has 0 bridgehead atoms. The van der Waals surface area contributed by atoms with Gasteiger partial charge in [-0.1, -0.05) is 12.1 Å². The molecule has 0 aromatic heterocycles. The highest BCUT2D eigenvalue weighted by Gasteiger charge is 2.09. The van der Waals surface area contributed by atoms with E-state index in [1.165, 1.54) is 6.07 Å². The predicted molar refractivity (Wildman–Crippen MR) is 58.1 cm³/mol. The van der Waals surface area contributed by atoms with Gasteiger partial charge in [-0.3, -0.25) is 10.2 Å². The Balaban J connectivity index is 2.43. The molecule has 16 heavy (non-hydrogen) atoms. The number of hydrogen-bond acceptors (Lipinski definition) is 3. The van der Waals surface area contributed by atoms with Gasteiger partial charge < -0.3 is 4.74 Å². The molecule has 1 aromatic rings. The molecule has 0 aliphatic rings. The van der Waals surface area contributed by atoms with Crippen LogP contribution in [-0.2, 0) is 4.79 Å². The molecule has 4 nitrogen and oxygen atoms in total. The van der Waals surface area contributed by atoms with Gasteiger partial charge in [0.15, 0.2) is 11.6 Å². The van der Waals surface area contributed by atoms with Crippen LogP contribution >= 0.6 is 0 Å². The molecule has 1 amide bonds. The summed E-state index contributed by atoms with van der Waals surface area (Å²) in [6.07, 6.45) is 0.498. The van der Waals surface area contributed by atoms with Crippen molar-refractivity contribution in [2.24, 2.45) is 5.84 Å². The number of nitrogens with one attached hydrogen (secondary N) is 1. The lowest BCUT2D eigenvalue weighted by atomic mass is 10.2. The van der Waals surface area contributed by atoms with Gasteiger partial charge in [0.25, 0.3) is 0 Å². The third-order valence-electron chi connectivity index (χ3n) is 2.10. The second-order valence-electron chi connectivity index (χ2n) is 3.47. The number of para-hydroxylation sites is 1.